The molecule has 0 aliphatic heterocycles. The summed E-state index contributed by atoms with van der Waals surface area (Å²) in [5, 5.41) is 9.20. The van der Waals surface area contributed by atoms with Crippen LogP contribution in [0.2, 0.25) is 0 Å². The van der Waals surface area contributed by atoms with Crippen LogP contribution in [0.15, 0.2) is 36.7 Å². The van der Waals surface area contributed by atoms with Crippen LogP contribution in [0.4, 0.5) is 0 Å². The number of aromatic nitrogens is 2. The van der Waals surface area contributed by atoms with Crippen molar-refractivity contribution in [2.45, 2.75) is 63.7 Å². The number of alkyl halides is 1. The lowest BCUT2D eigenvalue weighted by molar-refractivity contribution is -0.143. The van der Waals surface area contributed by atoms with Crippen molar-refractivity contribution in [2.24, 2.45) is 0 Å². The maximum atomic E-state index is 11.8. The van der Waals surface area contributed by atoms with Crippen molar-refractivity contribution in [2.75, 3.05) is 0 Å². The zero-order valence-corrected chi connectivity index (χ0v) is 16.5. The molecule has 2 unspecified atom stereocenters. The first-order valence-corrected chi connectivity index (χ1v) is 9.66. The van der Waals surface area contributed by atoms with Crippen LogP contribution in [0, 0.1) is 0 Å². The van der Waals surface area contributed by atoms with E-state index in [0.29, 0.717) is 17.8 Å². The summed E-state index contributed by atoms with van der Waals surface area (Å²) in [5.74, 6) is -0.273. The third-order valence-corrected chi connectivity index (χ3v) is 5.69. The molecule has 0 aliphatic rings. The zero-order chi connectivity index (χ0) is 19.2. The lowest BCUT2D eigenvalue weighted by Crippen LogP contribution is -2.41. The van der Waals surface area contributed by atoms with Crippen LogP contribution in [0.3, 0.4) is 0 Å². The molecule has 0 fully saturated rings. The van der Waals surface area contributed by atoms with Gasteiger partial charge in [0, 0.05) is 18.0 Å². The van der Waals surface area contributed by atoms with Crippen LogP contribution >= 0.6 is 11.6 Å². The third kappa shape index (κ3) is 4.42. The largest absolute Gasteiger partial charge is 0.481 e. The van der Waals surface area contributed by atoms with E-state index in [2.05, 4.69) is 16.9 Å². The zero-order valence-electron chi connectivity index (χ0n) is 15.7. The molecule has 5 heteroatoms. The molecule has 1 N–H and O–H groups in total. The highest BCUT2D eigenvalue weighted by molar-refractivity contribution is 6.23. The molecule has 0 bridgehead atoms. The topological polar surface area (TPSA) is 63.1 Å². The molecule has 0 radical (unpaired) electrons. The summed E-state index contributed by atoms with van der Waals surface area (Å²) < 4.78 is 0. The summed E-state index contributed by atoms with van der Waals surface area (Å²) in [6, 6.07) is 7.35. The molecule has 0 saturated carbocycles. The quantitative estimate of drug-likeness (QED) is 0.481. The van der Waals surface area contributed by atoms with Gasteiger partial charge in [-0.25, -0.2) is 9.97 Å². The van der Waals surface area contributed by atoms with E-state index in [1.165, 1.54) is 12.8 Å². The highest BCUT2D eigenvalue weighted by Crippen LogP contribution is 2.34. The normalized spacial score (nSPS) is 14.6. The highest BCUT2D eigenvalue weighted by Gasteiger charge is 2.41. The predicted molar refractivity (Wildman–Crippen MR) is 106 cm³/mol. The van der Waals surface area contributed by atoms with Gasteiger partial charge in [-0.15, -0.1) is 11.6 Å². The summed E-state index contributed by atoms with van der Waals surface area (Å²) in [6.07, 6.45) is 8.89. The summed E-state index contributed by atoms with van der Waals surface area (Å²) in [5.41, 5.74) is 1.57. The Kier molecular flexibility index (Phi) is 7.15. The van der Waals surface area contributed by atoms with Gasteiger partial charge in [0.15, 0.2) is 5.82 Å². The Hall–Kier alpha value is -1.94. The molecule has 0 aliphatic carbocycles. The first-order chi connectivity index (χ1) is 12.4. The number of aliphatic carboxylic acids is 1. The number of hydrogen-bond acceptors (Lipinski definition) is 3. The van der Waals surface area contributed by atoms with Crippen molar-refractivity contribution in [3.63, 3.8) is 0 Å². The molecular weight excluding hydrogens is 348 g/mol. The van der Waals surface area contributed by atoms with Gasteiger partial charge in [-0.05, 0) is 37.3 Å². The molecular formula is C21H27ClN2O2. The van der Waals surface area contributed by atoms with Crippen LogP contribution in [0.25, 0.3) is 11.4 Å². The Bertz CT molecular complexity index is 716. The third-order valence-electron chi connectivity index (χ3n) is 4.95. The first-order valence-electron chi connectivity index (χ1n) is 9.22. The number of halogens is 1. The number of rotatable bonds is 9. The smallest absolute Gasteiger partial charge is 0.315 e. The van der Waals surface area contributed by atoms with Crippen LogP contribution in [-0.4, -0.2) is 26.4 Å². The molecule has 4 nitrogen and oxygen atoms in total. The number of carboxylic acids is 1. The van der Waals surface area contributed by atoms with Gasteiger partial charge in [-0.3, -0.25) is 4.79 Å². The molecule has 1 aromatic carbocycles. The maximum Gasteiger partial charge on any atom is 0.315 e. The van der Waals surface area contributed by atoms with Crippen molar-refractivity contribution in [1.82, 2.24) is 9.97 Å². The van der Waals surface area contributed by atoms with Crippen molar-refractivity contribution in [3.8, 4) is 11.4 Å². The number of unbranched alkanes of at least 4 members (excludes halogenated alkanes) is 2. The fraction of sp³-hybridized carbons (Fsp3) is 0.476. The SMILES string of the molecule is CCCCCc1cnc(-c2ccc(C(C)(C(=O)O)C(Cl)CC)cc2)nc1. The minimum atomic E-state index is -1.13. The number of aryl methyl sites for hydroxylation is 1. The van der Waals surface area contributed by atoms with Crippen LogP contribution < -0.4 is 0 Å². The Morgan fingerprint density at radius 3 is 2.27 bits per heavy atom. The van der Waals surface area contributed by atoms with Gasteiger partial charge in [0.2, 0.25) is 0 Å². The molecule has 0 spiro atoms. The van der Waals surface area contributed by atoms with E-state index in [0.717, 1.165) is 24.0 Å². The highest BCUT2D eigenvalue weighted by atomic mass is 35.5. The predicted octanol–water partition coefficient (Wildman–Crippen LogP) is 5.24. The molecule has 26 heavy (non-hydrogen) atoms. The van der Waals surface area contributed by atoms with Gasteiger partial charge < -0.3 is 5.11 Å². The minimum absolute atomic E-state index is 0.482. The van der Waals surface area contributed by atoms with Crippen LogP contribution in [0.1, 0.15) is 57.6 Å². The number of nitrogens with zero attached hydrogens (tertiary/aromatic N) is 2. The van der Waals surface area contributed by atoms with Crippen molar-refractivity contribution in [3.05, 3.63) is 47.8 Å². The molecule has 2 atom stereocenters. The second-order valence-corrected chi connectivity index (χ2v) is 7.36. The summed E-state index contributed by atoms with van der Waals surface area (Å²) in [4.78, 5) is 20.7. The lowest BCUT2D eigenvalue weighted by atomic mass is 9.78. The maximum absolute atomic E-state index is 11.8. The van der Waals surface area contributed by atoms with Crippen molar-refractivity contribution < 1.29 is 9.90 Å². The fourth-order valence-electron chi connectivity index (χ4n) is 3.02. The van der Waals surface area contributed by atoms with Crippen LogP contribution in [0.5, 0.6) is 0 Å². The van der Waals surface area contributed by atoms with Gasteiger partial charge in [-0.1, -0.05) is 51.0 Å². The molecule has 1 aromatic heterocycles. The van der Waals surface area contributed by atoms with Crippen molar-refractivity contribution >= 4 is 17.6 Å². The van der Waals surface area contributed by atoms with E-state index in [-0.39, 0.29) is 0 Å². The van der Waals surface area contributed by atoms with Gasteiger partial charge in [-0.2, -0.15) is 0 Å². The van der Waals surface area contributed by atoms with Gasteiger partial charge in [0.1, 0.15) is 5.41 Å². The Morgan fingerprint density at radius 2 is 1.77 bits per heavy atom. The van der Waals surface area contributed by atoms with E-state index in [4.69, 9.17) is 11.6 Å². The molecule has 0 amide bonds. The van der Waals surface area contributed by atoms with E-state index < -0.39 is 16.8 Å². The number of carboxylic acid groups (broad SMARTS) is 1. The van der Waals surface area contributed by atoms with E-state index in [9.17, 15) is 9.90 Å². The Balaban J connectivity index is 2.19. The molecule has 2 rings (SSSR count). The monoisotopic (exact) mass is 374 g/mol. The second-order valence-electron chi connectivity index (χ2n) is 6.83. The number of hydrogen-bond donors (Lipinski definition) is 1. The van der Waals surface area contributed by atoms with E-state index in [1.54, 1.807) is 6.92 Å². The van der Waals surface area contributed by atoms with Gasteiger partial charge in [0.05, 0.1) is 5.38 Å². The Labute approximate surface area is 160 Å². The molecule has 0 saturated heterocycles. The standard InChI is InChI=1S/C21H27ClN2O2/c1-4-6-7-8-15-13-23-19(24-14-15)16-9-11-17(12-10-16)21(3,20(25)26)18(22)5-2/h9-14,18H,4-8H2,1-3H3,(H,25,26). The molecule has 1 heterocycles. The van der Waals surface area contributed by atoms with Gasteiger partial charge >= 0.3 is 5.97 Å². The van der Waals surface area contributed by atoms with E-state index in [1.807, 2.05) is 43.6 Å². The summed E-state index contributed by atoms with van der Waals surface area (Å²) >= 11 is 6.32. The number of benzene rings is 1. The van der Waals surface area contributed by atoms with Crippen molar-refractivity contribution in [1.29, 1.82) is 0 Å². The average molecular weight is 375 g/mol. The van der Waals surface area contributed by atoms with E-state index >= 15 is 0 Å². The fourth-order valence-corrected chi connectivity index (χ4v) is 3.24. The first kappa shape index (κ1) is 20.4. The molecule has 2 aromatic rings. The Morgan fingerprint density at radius 1 is 1.15 bits per heavy atom. The molecule has 140 valence electrons. The summed E-state index contributed by atoms with van der Waals surface area (Å²) in [7, 11) is 0. The van der Waals surface area contributed by atoms with Crippen LogP contribution in [-0.2, 0) is 16.6 Å². The number of carbonyl (C=O) groups is 1. The van der Waals surface area contributed by atoms with Gasteiger partial charge in [0.25, 0.3) is 0 Å². The lowest BCUT2D eigenvalue weighted by Gasteiger charge is -2.29. The minimum Gasteiger partial charge on any atom is -0.481 e. The summed E-state index contributed by atoms with van der Waals surface area (Å²) in [6.45, 7) is 5.75. The average Bonchev–Trinajstić information content (AvgIpc) is 2.67. The second kappa shape index (κ2) is 9.13.